The van der Waals surface area contributed by atoms with Gasteiger partial charge in [0.05, 0.1) is 25.3 Å². The Morgan fingerprint density at radius 2 is 2.00 bits per heavy atom. The van der Waals surface area contributed by atoms with Gasteiger partial charge in [-0.2, -0.15) is 5.26 Å². The fourth-order valence-electron chi connectivity index (χ4n) is 3.37. The molecule has 0 radical (unpaired) electrons. The number of ether oxygens (including phenoxy) is 2. The van der Waals surface area contributed by atoms with Crippen molar-refractivity contribution >= 4 is 35.6 Å². The van der Waals surface area contributed by atoms with Crippen LogP contribution in [0.3, 0.4) is 0 Å². The van der Waals surface area contributed by atoms with Gasteiger partial charge in [0.25, 0.3) is 5.91 Å². The lowest BCUT2D eigenvalue weighted by Gasteiger charge is -2.11. The van der Waals surface area contributed by atoms with Crippen LogP contribution in [0, 0.1) is 11.3 Å². The fraction of sp³-hybridized carbons (Fsp3) is 0.120. The van der Waals surface area contributed by atoms with E-state index >= 15 is 0 Å². The molecule has 2 aromatic carbocycles. The molecule has 1 N–H and O–H groups in total. The number of urea groups is 1. The number of rotatable bonds is 7. The number of imide groups is 1. The third-order valence-electron chi connectivity index (χ3n) is 5.12. The summed E-state index contributed by atoms with van der Waals surface area (Å²) in [7, 11) is 1.22. The first-order chi connectivity index (χ1) is 16.9. The van der Waals surface area contributed by atoms with E-state index in [9.17, 15) is 19.6 Å². The highest BCUT2D eigenvalue weighted by molar-refractivity contribution is 6.30. The molecule has 1 fully saturated rings. The van der Waals surface area contributed by atoms with Gasteiger partial charge in [-0.1, -0.05) is 29.8 Å². The molecule has 1 aromatic heterocycles. The fourth-order valence-corrected chi connectivity index (χ4v) is 3.55. The number of nitrogens with zero attached hydrogens (tertiary/aromatic N) is 2. The normalized spacial score (nSPS) is 14.1. The third kappa shape index (κ3) is 5.18. The van der Waals surface area contributed by atoms with Gasteiger partial charge in [-0.25, -0.2) is 9.59 Å². The number of carbonyl (C=O) groups excluding carboxylic acids is 3. The quantitative estimate of drug-likeness (QED) is 0.297. The first-order valence-corrected chi connectivity index (χ1v) is 10.7. The number of furan rings is 1. The second-order valence-electron chi connectivity index (χ2n) is 7.38. The van der Waals surface area contributed by atoms with Gasteiger partial charge in [0.2, 0.25) is 5.76 Å². The second kappa shape index (κ2) is 10.2. The first-order valence-electron chi connectivity index (χ1n) is 10.3. The lowest BCUT2D eigenvalue weighted by Crippen LogP contribution is -2.30. The number of carbonyl (C=O) groups is 3. The van der Waals surface area contributed by atoms with Crippen LogP contribution in [-0.2, 0) is 22.7 Å². The molecule has 3 amide bonds. The van der Waals surface area contributed by atoms with Crippen molar-refractivity contribution in [3.63, 3.8) is 0 Å². The molecular formula is C25H18ClN3O6. The highest BCUT2D eigenvalue weighted by Gasteiger charge is 2.34. The standard InChI is InChI=1S/C25H18ClN3O6/c1-33-24(31)22-9-7-19(35-22)13-29-23(30)20(28-25(29)32)11-17-10-18(26)6-8-21(17)34-14-16-5-3-2-4-15(16)12-27/h2-11H,13-14H2,1H3,(H,28,32). The lowest BCUT2D eigenvalue weighted by atomic mass is 10.1. The van der Waals surface area contributed by atoms with Crippen molar-refractivity contribution in [2.24, 2.45) is 0 Å². The van der Waals surface area contributed by atoms with Crippen molar-refractivity contribution in [2.45, 2.75) is 13.2 Å². The van der Waals surface area contributed by atoms with Gasteiger partial charge in [0, 0.05) is 16.1 Å². The Hall–Kier alpha value is -4.55. The van der Waals surface area contributed by atoms with E-state index in [1.807, 2.05) is 0 Å². The molecule has 10 heteroatoms. The molecular weight excluding hydrogens is 474 g/mol. The molecule has 0 atom stereocenters. The average molecular weight is 492 g/mol. The summed E-state index contributed by atoms with van der Waals surface area (Å²) in [6, 6.07) is 16.3. The summed E-state index contributed by atoms with van der Waals surface area (Å²) in [6.45, 7) is -0.0577. The topological polar surface area (TPSA) is 122 Å². The number of hydrogen-bond acceptors (Lipinski definition) is 7. The number of halogens is 1. The number of hydrogen-bond donors (Lipinski definition) is 1. The van der Waals surface area contributed by atoms with Crippen LogP contribution in [0.15, 0.2) is 64.7 Å². The first kappa shape index (κ1) is 23.6. The molecule has 2 heterocycles. The van der Waals surface area contributed by atoms with Crippen LogP contribution in [0.25, 0.3) is 6.08 Å². The maximum atomic E-state index is 12.9. The van der Waals surface area contributed by atoms with Crippen molar-refractivity contribution in [3.8, 4) is 11.8 Å². The molecule has 0 bridgehead atoms. The minimum atomic E-state index is -0.667. The Morgan fingerprint density at radius 1 is 1.20 bits per heavy atom. The van der Waals surface area contributed by atoms with Gasteiger partial charge < -0.3 is 19.2 Å². The van der Waals surface area contributed by atoms with Crippen LogP contribution in [0.5, 0.6) is 5.75 Å². The Bertz CT molecular complexity index is 1390. The molecule has 176 valence electrons. The van der Waals surface area contributed by atoms with Crippen LogP contribution in [0.4, 0.5) is 4.79 Å². The molecule has 3 aromatic rings. The molecule has 35 heavy (non-hydrogen) atoms. The molecule has 0 unspecified atom stereocenters. The zero-order valence-electron chi connectivity index (χ0n) is 18.4. The Kier molecular flexibility index (Phi) is 6.85. The largest absolute Gasteiger partial charge is 0.488 e. The van der Waals surface area contributed by atoms with Gasteiger partial charge >= 0.3 is 12.0 Å². The maximum Gasteiger partial charge on any atom is 0.373 e. The van der Waals surface area contributed by atoms with Crippen molar-refractivity contribution in [3.05, 3.63) is 93.5 Å². The van der Waals surface area contributed by atoms with Crippen molar-refractivity contribution in [1.29, 1.82) is 5.26 Å². The van der Waals surface area contributed by atoms with Gasteiger partial charge in [-0.3, -0.25) is 9.69 Å². The zero-order chi connectivity index (χ0) is 24.9. The summed E-state index contributed by atoms with van der Waals surface area (Å²) >= 11 is 6.15. The van der Waals surface area contributed by atoms with E-state index in [1.54, 1.807) is 42.5 Å². The summed E-state index contributed by atoms with van der Waals surface area (Å²) in [6.07, 6.45) is 1.46. The van der Waals surface area contributed by atoms with E-state index in [0.717, 1.165) is 4.90 Å². The minimum Gasteiger partial charge on any atom is -0.488 e. The van der Waals surface area contributed by atoms with E-state index in [1.165, 1.54) is 25.3 Å². The van der Waals surface area contributed by atoms with Gasteiger partial charge in [0.1, 0.15) is 23.8 Å². The predicted octanol–water partition coefficient (Wildman–Crippen LogP) is 4.26. The predicted molar refractivity (Wildman–Crippen MR) is 124 cm³/mol. The van der Waals surface area contributed by atoms with Crippen LogP contribution >= 0.6 is 11.6 Å². The van der Waals surface area contributed by atoms with E-state index in [0.29, 0.717) is 27.5 Å². The van der Waals surface area contributed by atoms with Gasteiger partial charge in [-0.15, -0.1) is 0 Å². The molecule has 1 aliphatic rings. The van der Waals surface area contributed by atoms with E-state index in [-0.39, 0.29) is 30.4 Å². The maximum absolute atomic E-state index is 12.9. The van der Waals surface area contributed by atoms with Crippen LogP contribution in [0.2, 0.25) is 5.02 Å². The highest BCUT2D eigenvalue weighted by atomic mass is 35.5. The van der Waals surface area contributed by atoms with Crippen LogP contribution in [0.1, 0.15) is 33.0 Å². The Balaban J connectivity index is 1.54. The van der Waals surface area contributed by atoms with Gasteiger partial charge in [-0.05, 0) is 42.5 Å². The van der Waals surface area contributed by atoms with Crippen molar-refractivity contribution < 1.29 is 28.3 Å². The van der Waals surface area contributed by atoms with E-state index in [2.05, 4.69) is 16.1 Å². The molecule has 0 spiro atoms. The SMILES string of the molecule is COC(=O)c1ccc(CN2C(=O)NC(=Cc3cc(Cl)ccc3OCc3ccccc3C#N)C2=O)o1. The smallest absolute Gasteiger partial charge is 0.373 e. The summed E-state index contributed by atoms with van der Waals surface area (Å²) < 4.78 is 15.8. The van der Waals surface area contributed by atoms with Crippen LogP contribution in [-0.4, -0.2) is 29.9 Å². The number of methoxy groups -OCH3 is 1. The van der Waals surface area contributed by atoms with E-state index in [4.69, 9.17) is 20.8 Å². The summed E-state index contributed by atoms with van der Waals surface area (Å²) in [4.78, 5) is 37.9. The molecule has 4 rings (SSSR count). The van der Waals surface area contributed by atoms with E-state index < -0.39 is 17.9 Å². The molecule has 0 aliphatic carbocycles. The molecule has 0 saturated carbocycles. The van der Waals surface area contributed by atoms with Crippen molar-refractivity contribution in [2.75, 3.05) is 7.11 Å². The molecule has 1 saturated heterocycles. The molecule has 1 aliphatic heterocycles. The number of amides is 3. The van der Waals surface area contributed by atoms with Gasteiger partial charge in [0.15, 0.2) is 0 Å². The van der Waals surface area contributed by atoms with Crippen LogP contribution < -0.4 is 10.1 Å². The Labute approximate surface area is 205 Å². The monoisotopic (exact) mass is 491 g/mol. The highest BCUT2D eigenvalue weighted by Crippen LogP contribution is 2.28. The summed E-state index contributed by atoms with van der Waals surface area (Å²) in [5.41, 5.74) is 1.66. The third-order valence-corrected chi connectivity index (χ3v) is 5.35. The Morgan fingerprint density at radius 3 is 2.77 bits per heavy atom. The number of nitrogens with one attached hydrogen (secondary N) is 1. The number of benzene rings is 2. The number of esters is 1. The lowest BCUT2D eigenvalue weighted by molar-refractivity contribution is -0.123. The zero-order valence-corrected chi connectivity index (χ0v) is 19.2. The minimum absolute atomic E-state index is 0.0132. The summed E-state index contributed by atoms with van der Waals surface area (Å²) in [5.74, 6) is -0.655. The summed E-state index contributed by atoms with van der Waals surface area (Å²) in [5, 5.41) is 12.2. The second-order valence-corrected chi connectivity index (χ2v) is 7.81. The average Bonchev–Trinajstić information content (AvgIpc) is 3.43. The molecule has 9 nitrogen and oxygen atoms in total. The van der Waals surface area contributed by atoms with Crippen molar-refractivity contribution in [1.82, 2.24) is 10.2 Å². The number of nitriles is 1.